The fraction of sp³-hybridized carbons (Fsp3) is 0.375. The van der Waals surface area contributed by atoms with E-state index in [-0.39, 0.29) is 5.91 Å². The van der Waals surface area contributed by atoms with Gasteiger partial charge >= 0.3 is 0 Å². The standard InChI is InChI=1S/C24H31NO3/c1-4-6-7-10-17-28-22-15-13-19(18-23(22)27-3)14-16-24(26)25-21-12-9-8-11-20(21)5-2/h8-9,11-16,18H,4-7,10,17H2,1-3H3,(H,25,26). The topological polar surface area (TPSA) is 47.6 Å². The van der Waals surface area contributed by atoms with Crippen LogP contribution in [0.25, 0.3) is 6.08 Å². The number of benzene rings is 2. The van der Waals surface area contributed by atoms with Crippen LogP contribution in [0.2, 0.25) is 0 Å². The number of amides is 1. The Hall–Kier alpha value is -2.75. The van der Waals surface area contributed by atoms with E-state index in [0.29, 0.717) is 12.4 Å². The van der Waals surface area contributed by atoms with Gasteiger partial charge in [-0.1, -0.05) is 57.4 Å². The van der Waals surface area contributed by atoms with Crippen LogP contribution >= 0.6 is 0 Å². The lowest BCUT2D eigenvalue weighted by Gasteiger charge is -2.11. The predicted molar refractivity (Wildman–Crippen MR) is 116 cm³/mol. The number of rotatable bonds is 11. The predicted octanol–water partition coefficient (Wildman–Crippen LogP) is 5.87. The van der Waals surface area contributed by atoms with Crippen molar-refractivity contribution in [3.8, 4) is 11.5 Å². The van der Waals surface area contributed by atoms with Gasteiger partial charge in [0.1, 0.15) is 0 Å². The highest BCUT2D eigenvalue weighted by Crippen LogP contribution is 2.29. The zero-order valence-electron chi connectivity index (χ0n) is 17.2. The van der Waals surface area contributed by atoms with Gasteiger partial charge in [-0.3, -0.25) is 4.79 Å². The first-order valence-corrected chi connectivity index (χ1v) is 10.1. The normalized spacial score (nSPS) is 10.8. The summed E-state index contributed by atoms with van der Waals surface area (Å²) in [5, 5.41) is 2.93. The van der Waals surface area contributed by atoms with Crippen LogP contribution < -0.4 is 14.8 Å². The van der Waals surface area contributed by atoms with E-state index >= 15 is 0 Å². The number of aryl methyl sites for hydroxylation is 1. The summed E-state index contributed by atoms with van der Waals surface area (Å²) in [6.45, 7) is 4.95. The Bertz CT molecular complexity index is 783. The Morgan fingerprint density at radius 2 is 1.86 bits per heavy atom. The van der Waals surface area contributed by atoms with Crippen LogP contribution in [0.1, 0.15) is 50.7 Å². The largest absolute Gasteiger partial charge is 0.493 e. The molecule has 0 saturated carbocycles. The number of nitrogens with one attached hydrogen (secondary N) is 1. The summed E-state index contributed by atoms with van der Waals surface area (Å²) in [4.78, 5) is 12.2. The van der Waals surface area contributed by atoms with Crippen molar-refractivity contribution in [1.82, 2.24) is 0 Å². The Kier molecular flexibility index (Phi) is 9.13. The third-order valence-corrected chi connectivity index (χ3v) is 4.53. The molecule has 150 valence electrons. The number of ether oxygens (including phenoxy) is 2. The van der Waals surface area contributed by atoms with Gasteiger partial charge in [-0.2, -0.15) is 0 Å². The second-order valence-electron chi connectivity index (χ2n) is 6.65. The molecule has 4 nitrogen and oxygen atoms in total. The molecule has 0 aliphatic heterocycles. The number of anilines is 1. The van der Waals surface area contributed by atoms with Crippen molar-refractivity contribution < 1.29 is 14.3 Å². The van der Waals surface area contributed by atoms with Gasteiger partial charge in [0.2, 0.25) is 5.91 Å². The Morgan fingerprint density at radius 3 is 2.61 bits per heavy atom. The number of carbonyl (C=O) groups excluding carboxylic acids is 1. The molecule has 4 heteroatoms. The molecule has 0 saturated heterocycles. The lowest BCUT2D eigenvalue weighted by molar-refractivity contribution is -0.111. The van der Waals surface area contributed by atoms with E-state index in [1.807, 2.05) is 42.5 Å². The molecule has 28 heavy (non-hydrogen) atoms. The lowest BCUT2D eigenvalue weighted by Crippen LogP contribution is -2.09. The highest BCUT2D eigenvalue weighted by atomic mass is 16.5. The van der Waals surface area contributed by atoms with E-state index in [2.05, 4.69) is 19.2 Å². The van der Waals surface area contributed by atoms with Gasteiger partial charge in [-0.05, 0) is 48.2 Å². The van der Waals surface area contributed by atoms with E-state index in [1.54, 1.807) is 13.2 Å². The summed E-state index contributed by atoms with van der Waals surface area (Å²) in [6, 6.07) is 13.5. The molecule has 2 aromatic rings. The molecule has 0 unspecified atom stereocenters. The van der Waals surface area contributed by atoms with Crippen molar-refractivity contribution in [2.45, 2.75) is 46.0 Å². The van der Waals surface area contributed by atoms with Crippen molar-refractivity contribution in [3.05, 3.63) is 59.7 Å². The molecule has 0 spiro atoms. The first-order chi connectivity index (χ1) is 13.7. The average molecular weight is 382 g/mol. The minimum Gasteiger partial charge on any atom is -0.493 e. The third-order valence-electron chi connectivity index (χ3n) is 4.53. The number of para-hydroxylation sites is 1. The van der Waals surface area contributed by atoms with Gasteiger partial charge in [0, 0.05) is 11.8 Å². The molecule has 0 atom stereocenters. The summed E-state index contributed by atoms with van der Waals surface area (Å²) in [7, 11) is 1.63. The smallest absolute Gasteiger partial charge is 0.248 e. The quantitative estimate of drug-likeness (QED) is 0.391. The third kappa shape index (κ3) is 6.76. The molecule has 0 aliphatic rings. The minimum atomic E-state index is -0.156. The van der Waals surface area contributed by atoms with Crippen LogP contribution in [0.15, 0.2) is 48.5 Å². The fourth-order valence-corrected chi connectivity index (χ4v) is 2.91. The maximum Gasteiger partial charge on any atom is 0.248 e. The second-order valence-corrected chi connectivity index (χ2v) is 6.65. The molecule has 0 aliphatic carbocycles. The molecular formula is C24H31NO3. The molecule has 0 bridgehead atoms. The highest BCUT2D eigenvalue weighted by Gasteiger charge is 2.06. The number of carbonyl (C=O) groups is 1. The van der Waals surface area contributed by atoms with Crippen molar-refractivity contribution in [2.24, 2.45) is 0 Å². The van der Waals surface area contributed by atoms with Crippen LogP contribution in [0.3, 0.4) is 0 Å². The summed E-state index contributed by atoms with van der Waals surface area (Å²) >= 11 is 0. The van der Waals surface area contributed by atoms with Crippen LogP contribution in [-0.2, 0) is 11.2 Å². The summed E-state index contributed by atoms with van der Waals surface area (Å²) in [5.41, 5.74) is 2.85. The molecule has 0 radical (unpaired) electrons. The molecular weight excluding hydrogens is 350 g/mol. The lowest BCUT2D eigenvalue weighted by atomic mass is 10.1. The van der Waals surface area contributed by atoms with Gasteiger partial charge in [0.05, 0.1) is 13.7 Å². The van der Waals surface area contributed by atoms with E-state index in [1.165, 1.54) is 25.3 Å². The first kappa shape index (κ1) is 21.5. The Morgan fingerprint density at radius 1 is 1.04 bits per heavy atom. The molecule has 0 aromatic heterocycles. The molecule has 1 amide bonds. The van der Waals surface area contributed by atoms with Gasteiger partial charge < -0.3 is 14.8 Å². The number of methoxy groups -OCH3 is 1. The zero-order chi connectivity index (χ0) is 20.2. The SMILES string of the molecule is CCCCCCOc1ccc(C=CC(=O)Nc2ccccc2CC)cc1OC. The molecule has 1 N–H and O–H groups in total. The van der Waals surface area contributed by atoms with Gasteiger partial charge in [-0.25, -0.2) is 0 Å². The maximum atomic E-state index is 12.2. The van der Waals surface area contributed by atoms with Crippen LogP contribution in [-0.4, -0.2) is 19.6 Å². The van der Waals surface area contributed by atoms with Gasteiger partial charge in [0.25, 0.3) is 0 Å². The van der Waals surface area contributed by atoms with Crippen molar-refractivity contribution in [3.63, 3.8) is 0 Å². The van der Waals surface area contributed by atoms with Crippen molar-refractivity contribution in [2.75, 3.05) is 19.0 Å². The molecule has 0 heterocycles. The van der Waals surface area contributed by atoms with Crippen molar-refractivity contribution >= 4 is 17.7 Å². The number of hydrogen-bond donors (Lipinski definition) is 1. The average Bonchev–Trinajstić information content (AvgIpc) is 2.73. The van der Waals surface area contributed by atoms with E-state index in [4.69, 9.17) is 9.47 Å². The van der Waals surface area contributed by atoms with Gasteiger partial charge in [0.15, 0.2) is 11.5 Å². The zero-order valence-corrected chi connectivity index (χ0v) is 17.2. The fourth-order valence-electron chi connectivity index (χ4n) is 2.91. The highest BCUT2D eigenvalue weighted by molar-refractivity contribution is 6.02. The van der Waals surface area contributed by atoms with Crippen LogP contribution in [0, 0.1) is 0 Å². The maximum absolute atomic E-state index is 12.2. The van der Waals surface area contributed by atoms with Crippen molar-refractivity contribution in [1.29, 1.82) is 0 Å². The minimum absolute atomic E-state index is 0.156. The van der Waals surface area contributed by atoms with Crippen LogP contribution in [0.4, 0.5) is 5.69 Å². The number of hydrogen-bond acceptors (Lipinski definition) is 3. The number of unbranched alkanes of at least 4 members (excludes halogenated alkanes) is 3. The van der Waals surface area contributed by atoms with E-state index < -0.39 is 0 Å². The monoisotopic (exact) mass is 381 g/mol. The Balaban J connectivity index is 1.96. The van der Waals surface area contributed by atoms with E-state index in [0.717, 1.165) is 35.4 Å². The second kappa shape index (κ2) is 11.9. The summed E-state index contributed by atoms with van der Waals surface area (Å²) < 4.78 is 11.3. The first-order valence-electron chi connectivity index (χ1n) is 10.1. The molecule has 2 rings (SSSR count). The van der Waals surface area contributed by atoms with Gasteiger partial charge in [-0.15, -0.1) is 0 Å². The van der Waals surface area contributed by atoms with E-state index in [9.17, 15) is 4.79 Å². The Labute approximate surface area is 168 Å². The molecule has 2 aromatic carbocycles. The summed E-state index contributed by atoms with van der Waals surface area (Å²) in [6.07, 6.45) is 8.84. The van der Waals surface area contributed by atoms with Crippen LogP contribution in [0.5, 0.6) is 11.5 Å². The molecule has 0 fully saturated rings. The summed E-state index contributed by atoms with van der Waals surface area (Å²) in [5.74, 6) is 1.25.